The molecule has 0 aliphatic carbocycles. The monoisotopic (exact) mass is 637 g/mol. The molecular formula is C42H72N2O2. The van der Waals surface area contributed by atoms with E-state index in [4.69, 9.17) is 9.47 Å². The third kappa shape index (κ3) is 19.8. The van der Waals surface area contributed by atoms with E-state index < -0.39 is 0 Å². The Labute approximate surface area is 285 Å². The molecule has 4 heteroatoms. The molecular weight excluding hydrogens is 564 g/mol. The molecule has 0 unspecified atom stereocenters. The van der Waals surface area contributed by atoms with E-state index in [1.807, 2.05) is 0 Å². The molecule has 0 radical (unpaired) electrons. The Kier molecular flexibility index (Phi) is 24.9. The fourth-order valence-corrected chi connectivity index (χ4v) is 6.26. The van der Waals surface area contributed by atoms with E-state index >= 15 is 0 Å². The van der Waals surface area contributed by atoms with E-state index in [1.165, 1.54) is 151 Å². The maximum Gasteiger partial charge on any atom is 0.0722 e. The van der Waals surface area contributed by atoms with Crippen molar-refractivity contribution in [2.75, 3.05) is 53.5 Å². The maximum absolute atomic E-state index is 6.19. The second-order valence-corrected chi connectivity index (χ2v) is 13.7. The van der Waals surface area contributed by atoms with Gasteiger partial charge in [-0.05, 0) is 101 Å². The molecule has 0 fully saturated rings. The fraction of sp³-hybridized carbons (Fsp3) is 0.714. The van der Waals surface area contributed by atoms with E-state index in [0.717, 1.165) is 26.1 Å². The Morgan fingerprint density at radius 1 is 0.413 bits per heavy atom. The third-order valence-corrected chi connectivity index (χ3v) is 9.28. The summed E-state index contributed by atoms with van der Waals surface area (Å²) in [5.41, 5.74) is 5.05. The minimum atomic E-state index is 0.658. The molecule has 46 heavy (non-hydrogen) atoms. The summed E-state index contributed by atoms with van der Waals surface area (Å²) in [5, 5.41) is 0. The van der Waals surface area contributed by atoms with Crippen molar-refractivity contribution in [3.05, 3.63) is 59.7 Å². The van der Waals surface area contributed by atoms with Gasteiger partial charge in [0.2, 0.25) is 0 Å². The highest BCUT2D eigenvalue weighted by atomic mass is 16.5. The fourth-order valence-electron chi connectivity index (χ4n) is 6.26. The van der Waals surface area contributed by atoms with Gasteiger partial charge in [-0.3, -0.25) is 0 Å². The van der Waals surface area contributed by atoms with Crippen molar-refractivity contribution in [3.63, 3.8) is 0 Å². The quantitative estimate of drug-likeness (QED) is 0.0769. The number of hydrogen-bond acceptors (Lipinski definition) is 4. The van der Waals surface area contributed by atoms with Gasteiger partial charge >= 0.3 is 0 Å². The molecule has 0 aliphatic rings. The van der Waals surface area contributed by atoms with Gasteiger partial charge in [0.25, 0.3) is 0 Å². The molecule has 0 saturated heterocycles. The average molecular weight is 637 g/mol. The van der Waals surface area contributed by atoms with Crippen LogP contribution in [0.3, 0.4) is 0 Å². The van der Waals surface area contributed by atoms with E-state index in [9.17, 15) is 0 Å². The Bertz CT molecular complexity index is 887. The largest absolute Gasteiger partial charge is 0.377 e. The number of nitrogens with zero attached hydrogens (tertiary/aromatic N) is 2. The van der Waals surface area contributed by atoms with Crippen LogP contribution in [-0.4, -0.2) is 63.3 Å². The van der Waals surface area contributed by atoms with E-state index in [-0.39, 0.29) is 0 Å². The summed E-state index contributed by atoms with van der Waals surface area (Å²) in [4.78, 5) is 4.99. The standard InChI is InChI=1S/C42H72N2O2/c1-5-7-9-11-13-15-21-31-43(3)33-23-25-35-45-37-39-27-17-19-29-41(39)42-30-20-18-28-40(42)38-46-36-26-24-34-44(4)32-22-16-14-12-10-8-6-2/h17-20,27-30H,5-16,21-26,31-38H2,1-4H3. The highest BCUT2D eigenvalue weighted by Crippen LogP contribution is 2.28. The Morgan fingerprint density at radius 3 is 1.13 bits per heavy atom. The van der Waals surface area contributed by atoms with Crippen molar-refractivity contribution in [2.45, 2.75) is 143 Å². The highest BCUT2D eigenvalue weighted by molar-refractivity contribution is 5.70. The smallest absolute Gasteiger partial charge is 0.0722 e. The van der Waals surface area contributed by atoms with Crippen LogP contribution >= 0.6 is 0 Å². The normalized spacial score (nSPS) is 11.7. The minimum absolute atomic E-state index is 0.658. The van der Waals surface area contributed by atoms with Crippen molar-refractivity contribution >= 4 is 0 Å². The predicted molar refractivity (Wildman–Crippen MR) is 201 cm³/mol. The minimum Gasteiger partial charge on any atom is -0.377 e. The van der Waals surface area contributed by atoms with Gasteiger partial charge in [-0.25, -0.2) is 0 Å². The molecule has 2 aromatic carbocycles. The van der Waals surface area contributed by atoms with Gasteiger partial charge in [0.05, 0.1) is 13.2 Å². The molecule has 0 aliphatic heterocycles. The third-order valence-electron chi connectivity index (χ3n) is 9.28. The number of rotatable bonds is 31. The summed E-state index contributed by atoms with van der Waals surface area (Å²) in [7, 11) is 4.54. The number of unbranched alkanes of at least 4 members (excludes halogenated alkanes) is 14. The number of hydrogen-bond donors (Lipinski definition) is 0. The van der Waals surface area contributed by atoms with Gasteiger partial charge in [0, 0.05) is 13.2 Å². The number of benzene rings is 2. The molecule has 0 bridgehead atoms. The molecule has 0 N–H and O–H groups in total. The zero-order chi connectivity index (χ0) is 32.9. The summed E-state index contributed by atoms with van der Waals surface area (Å²) >= 11 is 0. The summed E-state index contributed by atoms with van der Waals surface area (Å²) < 4.78 is 12.4. The molecule has 0 heterocycles. The lowest BCUT2D eigenvalue weighted by Gasteiger charge is -2.17. The molecule has 0 atom stereocenters. The molecule has 0 spiro atoms. The van der Waals surface area contributed by atoms with Gasteiger partial charge in [-0.1, -0.05) is 139 Å². The first-order valence-corrected chi connectivity index (χ1v) is 19.3. The van der Waals surface area contributed by atoms with Crippen LogP contribution in [0.2, 0.25) is 0 Å². The molecule has 0 aromatic heterocycles. The summed E-state index contributed by atoms with van der Waals surface area (Å²) in [5.74, 6) is 0. The zero-order valence-corrected chi connectivity index (χ0v) is 30.7. The van der Waals surface area contributed by atoms with Gasteiger partial charge in [-0.15, -0.1) is 0 Å². The second-order valence-electron chi connectivity index (χ2n) is 13.7. The topological polar surface area (TPSA) is 24.9 Å². The molecule has 262 valence electrons. The molecule has 0 amide bonds. The number of ether oxygens (including phenoxy) is 2. The molecule has 4 nitrogen and oxygen atoms in total. The van der Waals surface area contributed by atoms with Crippen LogP contribution in [0, 0.1) is 0 Å². The molecule has 2 rings (SSSR count). The first kappa shape index (κ1) is 40.5. The van der Waals surface area contributed by atoms with Crippen molar-refractivity contribution in [3.8, 4) is 11.1 Å². The Morgan fingerprint density at radius 2 is 0.739 bits per heavy atom. The van der Waals surface area contributed by atoms with Crippen LogP contribution in [0.4, 0.5) is 0 Å². The average Bonchev–Trinajstić information content (AvgIpc) is 3.07. The lowest BCUT2D eigenvalue weighted by Crippen LogP contribution is -2.21. The van der Waals surface area contributed by atoms with Crippen molar-refractivity contribution in [2.24, 2.45) is 0 Å². The zero-order valence-electron chi connectivity index (χ0n) is 30.7. The van der Waals surface area contributed by atoms with Crippen LogP contribution in [0.1, 0.15) is 141 Å². The van der Waals surface area contributed by atoms with Crippen LogP contribution in [0.5, 0.6) is 0 Å². The van der Waals surface area contributed by atoms with Gasteiger partial charge in [0.15, 0.2) is 0 Å². The molecule has 2 aromatic rings. The first-order chi connectivity index (χ1) is 22.7. The van der Waals surface area contributed by atoms with Gasteiger partial charge in [-0.2, -0.15) is 0 Å². The van der Waals surface area contributed by atoms with Crippen LogP contribution in [0.25, 0.3) is 11.1 Å². The summed E-state index contributed by atoms with van der Waals surface area (Å²) in [6.45, 7) is 12.3. The summed E-state index contributed by atoms with van der Waals surface area (Å²) in [6.07, 6.45) is 24.0. The summed E-state index contributed by atoms with van der Waals surface area (Å²) in [6, 6.07) is 17.4. The lowest BCUT2D eigenvalue weighted by atomic mass is 9.96. The van der Waals surface area contributed by atoms with Gasteiger partial charge in [0.1, 0.15) is 0 Å². The van der Waals surface area contributed by atoms with Gasteiger partial charge < -0.3 is 19.3 Å². The van der Waals surface area contributed by atoms with E-state index in [1.54, 1.807) is 0 Å². The van der Waals surface area contributed by atoms with Crippen molar-refractivity contribution in [1.29, 1.82) is 0 Å². The van der Waals surface area contributed by atoms with Crippen molar-refractivity contribution in [1.82, 2.24) is 9.80 Å². The predicted octanol–water partition coefficient (Wildman–Crippen LogP) is 11.3. The van der Waals surface area contributed by atoms with Crippen LogP contribution < -0.4 is 0 Å². The van der Waals surface area contributed by atoms with E-state index in [0.29, 0.717) is 13.2 Å². The Balaban J connectivity index is 1.62. The first-order valence-electron chi connectivity index (χ1n) is 19.3. The lowest BCUT2D eigenvalue weighted by molar-refractivity contribution is 0.114. The van der Waals surface area contributed by atoms with E-state index in [2.05, 4.69) is 86.3 Å². The van der Waals surface area contributed by atoms with Crippen LogP contribution in [-0.2, 0) is 22.7 Å². The highest BCUT2D eigenvalue weighted by Gasteiger charge is 2.10. The maximum atomic E-state index is 6.19. The Hall–Kier alpha value is -1.72. The second kappa shape index (κ2) is 28.3. The SMILES string of the molecule is CCCCCCCCCN(C)CCCCOCc1ccccc1-c1ccccc1COCCCCN(C)CCCCCCCCC. The van der Waals surface area contributed by atoms with Crippen molar-refractivity contribution < 1.29 is 9.47 Å². The van der Waals surface area contributed by atoms with Crippen LogP contribution in [0.15, 0.2) is 48.5 Å². The molecule has 0 saturated carbocycles.